The maximum absolute atomic E-state index is 13.6. The first-order valence-corrected chi connectivity index (χ1v) is 11.5. The fourth-order valence-electron chi connectivity index (χ4n) is 4.93. The molecule has 0 aliphatic carbocycles. The van der Waals surface area contributed by atoms with E-state index in [-0.39, 0.29) is 23.7 Å². The summed E-state index contributed by atoms with van der Waals surface area (Å²) in [5, 5.41) is 0. The molecule has 7 nitrogen and oxygen atoms in total. The van der Waals surface area contributed by atoms with Crippen molar-refractivity contribution >= 4 is 11.8 Å². The van der Waals surface area contributed by atoms with Crippen LogP contribution in [-0.4, -0.2) is 69.1 Å². The molecule has 7 heteroatoms. The highest BCUT2D eigenvalue weighted by Gasteiger charge is 2.43. The number of carbonyl (C=O) groups excluding carboxylic acids is 2. The van der Waals surface area contributed by atoms with E-state index >= 15 is 0 Å². The largest absolute Gasteiger partial charge is 0.497 e. The molecule has 2 aromatic rings. The number of hydrogen-bond acceptors (Lipinski definition) is 5. The van der Waals surface area contributed by atoms with Gasteiger partial charge in [0.15, 0.2) is 0 Å². The Kier molecular flexibility index (Phi) is 7.06. The summed E-state index contributed by atoms with van der Waals surface area (Å²) >= 11 is 0. The molecule has 0 spiro atoms. The molecule has 2 heterocycles. The molecule has 2 fully saturated rings. The molecule has 33 heavy (non-hydrogen) atoms. The Morgan fingerprint density at radius 2 is 1.45 bits per heavy atom. The van der Waals surface area contributed by atoms with Gasteiger partial charge in [-0.05, 0) is 61.7 Å². The molecule has 2 atom stereocenters. The van der Waals surface area contributed by atoms with Crippen LogP contribution >= 0.6 is 0 Å². The Bertz CT molecular complexity index is 985. The number of nitrogens with zero attached hydrogens (tertiary/aromatic N) is 2. The smallest absolute Gasteiger partial charge is 0.253 e. The number of piperidine rings is 1. The molecular formula is C26H32N2O5. The van der Waals surface area contributed by atoms with Gasteiger partial charge in [-0.25, -0.2) is 0 Å². The van der Waals surface area contributed by atoms with Crippen LogP contribution < -0.4 is 14.2 Å². The number of carbonyl (C=O) groups is 2. The average Bonchev–Trinajstić information content (AvgIpc) is 3.33. The number of hydrogen-bond donors (Lipinski definition) is 0. The van der Waals surface area contributed by atoms with Crippen molar-refractivity contribution < 1.29 is 23.8 Å². The van der Waals surface area contributed by atoms with Gasteiger partial charge in [-0.2, -0.15) is 0 Å². The van der Waals surface area contributed by atoms with E-state index in [0.717, 1.165) is 37.9 Å². The third kappa shape index (κ3) is 4.77. The first kappa shape index (κ1) is 23.0. The molecule has 176 valence electrons. The molecule has 0 radical (unpaired) electrons. The van der Waals surface area contributed by atoms with Gasteiger partial charge in [0, 0.05) is 43.2 Å². The zero-order valence-corrected chi connectivity index (χ0v) is 19.6. The van der Waals surface area contributed by atoms with Crippen LogP contribution in [0.25, 0.3) is 0 Å². The van der Waals surface area contributed by atoms with Gasteiger partial charge < -0.3 is 24.0 Å². The van der Waals surface area contributed by atoms with E-state index in [4.69, 9.17) is 14.2 Å². The molecule has 0 bridgehead atoms. The topological polar surface area (TPSA) is 68.3 Å². The van der Waals surface area contributed by atoms with Gasteiger partial charge in [0.05, 0.1) is 27.2 Å². The predicted octanol–water partition coefficient (Wildman–Crippen LogP) is 3.58. The van der Waals surface area contributed by atoms with E-state index in [1.165, 1.54) is 0 Å². The van der Waals surface area contributed by atoms with Gasteiger partial charge in [-0.1, -0.05) is 0 Å². The summed E-state index contributed by atoms with van der Waals surface area (Å²) in [5.41, 5.74) is 1.48. The third-order valence-electron chi connectivity index (χ3n) is 6.77. The minimum absolute atomic E-state index is 0.0848. The van der Waals surface area contributed by atoms with Crippen molar-refractivity contribution in [3.8, 4) is 17.2 Å². The van der Waals surface area contributed by atoms with Crippen LogP contribution in [0.2, 0.25) is 0 Å². The first-order valence-electron chi connectivity index (χ1n) is 11.5. The summed E-state index contributed by atoms with van der Waals surface area (Å²) in [6.07, 6.45) is 3.21. The molecule has 0 saturated carbocycles. The number of rotatable bonds is 6. The lowest BCUT2D eigenvalue weighted by molar-refractivity contribution is -0.136. The quantitative estimate of drug-likeness (QED) is 0.670. The van der Waals surface area contributed by atoms with Crippen molar-refractivity contribution in [3.63, 3.8) is 0 Å². The van der Waals surface area contributed by atoms with Gasteiger partial charge in [0.1, 0.15) is 17.2 Å². The lowest BCUT2D eigenvalue weighted by Crippen LogP contribution is -2.42. The SMILES string of the molecule is COc1ccc(C(=O)N2C[C@H](c3cc(OC)ccc3OC)[C@H](C(=O)N3CCCCC3)C2)cc1. The van der Waals surface area contributed by atoms with Crippen molar-refractivity contribution in [3.05, 3.63) is 53.6 Å². The van der Waals surface area contributed by atoms with Gasteiger partial charge in [0.2, 0.25) is 5.91 Å². The van der Waals surface area contributed by atoms with Gasteiger partial charge >= 0.3 is 0 Å². The second-order valence-electron chi connectivity index (χ2n) is 8.65. The fraction of sp³-hybridized carbons (Fsp3) is 0.462. The van der Waals surface area contributed by atoms with Crippen LogP contribution in [0.1, 0.15) is 41.1 Å². The summed E-state index contributed by atoms with van der Waals surface area (Å²) in [5.74, 6) is 1.64. The highest BCUT2D eigenvalue weighted by atomic mass is 16.5. The number of benzene rings is 2. The summed E-state index contributed by atoms with van der Waals surface area (Å²) in [6, 6.07) is 12.7. The van der Waals surface area contributed by atoms with Crippen LogP contribution in [0.3, 0.4) is 0 Å². The average molecular weight is 453 g/mol. The van der Waals surface area contributed by atoms with Crippen molar-refractivity contribution in [1.29, 1.82) is 0 Å². The molecule has 0 N–H and O–H groups in total. The van der Waals surface area contributed by atoms with E-state index < -0.39 is 0 Å². The lowest BCUT2D eigenvalue weighted by Gasteiger charge is -2.31. The van der Waals surface area contributed by atoms with E-state index in [2.05, 4.69) is 0 Å². The fourth-order valence-corrected chi connectivity index (χ4v) is 4.93. The van der Waals surface area contributed by atoms with Crippen LogP contribution in [0.4, 0.5) is 0 Å². The second-order valence-corrected chi connectivity index (χ2v) is 8.65. The summed E-state index contributed by atoms with van der Waals surface area (Å²) in [7, 11) is 4.85. The van der Waals surface area contributed by atoms with Crippen LogP contribution in [-0.2, 0) is 4.79 Å². The minimum Gasteiger partial charge on any atom is -0.497 e. The molecule has 2 aromatic carbocycles. The van der Waals surface area contributed by atoms with Crippen molar-refractivity contribution in [1.82, 2.24) is 9.80 Å². The van der Waals surface area contributed by atoms with E-state index in [1.54, 1.807) is 50.5 Å². The maximum Gasteiger partial charge on any atom is 0.253 e. The maximum atomic E-state index is 13.6. The summed E-state index contributed by atoms with van der Waals surface area (Å²) < 4.78 is 16.3. The first-order chi connectivity index (χ1) is 16.0. The summed E-state index contributed by atoms with van der Waals surface area (Å²) in [4.78, 5) is 30.7. The zero-order chi connectivity index (χ0) is 23.4. The Balaban J connectivity index is 1.66. The van der Waals surface area contributed by atoms with Crippen molar-refractivity contribution in [2.45, 2.75) is 25.2 Å². The van der Waals surface area contributed by atoms with Gasteiger partial charge in [-0.3, -0.25) is 9.59 Å². The normalized spacial score (nSPS) is 20.5. The number of likely N-dealkylation sites (tertiary alicyclic amines) is 2. The second kappa shape index (κ2) is 10.1. The number of amides is 2. The van der Waals surface area contributed by atoms with Gasteiger partial charge in [0.25, 0.3) is 5.91 Å². The minimum atomic E-state index is -0.327. The molecule has 0 unspecified atom stereocenters. The highest BCUT2D eigenvalue weighted by molar-refractivity contribution is 5.95. The van der Waals surface area contributed by atoms with Gasteiger partial charge in [-0.15, -0.1) is 0 Å². The lowest BCUT2D eigenvalue weighted by atomic mass is 9.86. The predicted molar refractivity (Wildman–Crippen MR) is 125 cm³/mol. The monoisotopic (exact) mass is 452 g/mol. The molecule has 2 aliphatic rings. The number of ether oxygens (including phenoxy) is 3. The highest BCUT2D eigenvalue weighted by Crippen LogP contribution is 2.41. The molecule has 2 amide bonds. The van der Waals surface area contributed by atoms with E-state index in [0.29, 0.717) is 35.9 Å². The third-order valence-corrected chi connectivity index (χ3v) is 6.77. The van der Waals surface area contributed by atoms with Crippen LogP contribution in [0, 0.1) is 5.92 Å². The molecular weight excluding hydrogens is 420 g/mol. The molecule has 2 saturated heterocycles. The van der Waals surface area contributed by atoms with E-state index in [1.807, 2.05) is 23.1 Å². The van der Waals surface area contributed by atoms with Crippen LogP contribution in [0.15, 0.2) is 42.5 Å². The zero-order valence-electron chi connectivity index (χ0n) is 19.6. The Morgan fingerprint density at radius 3 is 2.09 bits per heavy atom. The van der Waals surface area contributed by atoms with Crippen molar-refractivity contribution in [2.24, 2.45) is 5.92 Å². The number of methoxy groups -OCH3 is 3. The summed E-state index contributed by atoms with van der Waals surface area (Å²) in [6.45, 7) is 2.39. The Hall–Kier alpha value is -3.22. The van der Waals surface area contributed by atoms with E-state index in [9.17, 15) is 9.59 Å². The standard InChI is InChI=1S/C26H32N2O5/c1-31-19-9-7-18(8-10-19)25(29)28-16-22(21-15-20(32-2)11-12-24(21)33-3)23(17-28)26(30)27-13-5-4-6-14-27/h7-12,15,22-23H,4-6,13-14,16-17H2,1-3H3/t22-,23-/m1/s1. The van der Waals surface area contributed by atoms with Crippen molar-refractivity contribution in [2.75, 3.05) is 47.5 Å². The molecule has 2 aliphatic heterocycles. The van der Waals surface area contributed by atoms with Crippen LogP contribution in [0.5, 0.6) is 17.2 Å². The molecule has 0 aromatic heterocycles. The molecule has 4 rings (SSSR count). The Morgan fingerprint density at radius 1 is 0.788 bits per heavy atom. The Labute approximate surface area is 195 Å².